The van der Waals surface area contributed by atoms with Crippen LogP contribution in [0.15, 0.2) is 109 Å². The van der Waals surface area contributed by atoms with E-state index in [2.05, 4.69) is 0 Å². The van der Waals surface area contributed by atoms with Crippen LogP contribution in [0.3, 0.4) is 0 Å². The van der Waals surface area contributed by atoms with Crippen LogP contribution in [-0.4, -0.2) is 108 Å². The van der Waals surface area contributed by atoms with Crippen molar-refractivity contribution in [1.29, 1.82) is 0 Å². The summed E-state index contributed by atoms with van der Waals surface area (Å²) in [6, 6.07) is 32.3. The van der Waals surface area contributed by atoms with Gasteiger partial charge in [0.2, 0.25) is 0 Å². The Hall–Kier alpha value is -4.30. The van der Waals surface area contributed by atoms with Gasteiger partial charge < -0.3 is 55.8 Å². The first-order valence-electron chi connectivity index (χ1n) is 20.2. The fourth-order valence-corrected chi connectivity index (χ4v) is 9.80. The molecular formula is C48H52F2O11S2. The van der Waals surface area contributed by atoms with Crippen LogP contribution in [0, 0.1) is 25.5 Å². The summed E-state index contributed by atoms with van der Waals surface area (Å²) in [6.07, 6.45) is -10.4. The normalized spacial score (nSPS) is 25.8. The highest BCUT2D eigenvalue weighted by molar-refractivity contribution is 7.15. The van der Waals surface area contributed by atoms with Crippen LogP contribution in [0.5, 0.6) is 0 Å². The standard InChI is InChI=1S/2C24H25FO5S.H2O/c2*1-13-2-3-15(24-23(29)22(28)21(27)19(12-26)30-24)10-16(13)11-18-8-9-20(31-18)14-4-6-17(25)7-5-14;/h2*2-10,19,21-24,26-29H,11-12H2,1H3;1H2/t2*19-,21-,22-,23-,24+;/m11./s1. The molecule has 0 bridgehead atoms. The molecule has 2 aromatic heterocycles. The number of aryl methyl sites for hydroxylation is 2. The second-order valence-corrected chi connectivity index (χ2v) is 18.1. The Labute approximate surface area is 371 Å². The quantitative estimate of drug-likeness (QED) is 0.0911. The molecule has 0 unspecified atom stereocenters. The third kappa shape index (κ3) is 11.0. The zero-order valence-corrected chi connectivity index (χ0v) is 36.1. The topological polar surface area (TPSA) is 212 Å². The Morgan fingerprint density at radius 2 is 0.841 bits per heavy atom. The average molecular weight is 907 g/mol. The number of aliphatic hydroxyl groups is 8. The molecule has 2 fully saturated rings. The fourth-order valence-electron chi connectivity index (χ4n) is 7.73. The first-order valence-corrected chi connectivity index (χ1v) is 21.9. The summed E-state index contributed by atoms with van der Waals surface area (Å²) in [5.41, 5.74) is 7.51. The van der Waals surface area contributed by atoms with Crippen molar-refractivity contribution in [1.82, 2.24) is 0 Å². The van der Waals surface area contributed by atoms with E-state index < -0.39 is 74.3 Å². The molecule has 4 heterocycles. The highest BCUT2D eigenvalue weighted by Gasteiger charge is 2.45. The van der Waals surface area contributed by atoms with Crippen molar-refractivity contribution in [2.45, 2.75) is 87.7 Å². The molecule has 10 atom stereocenters. The minimum absolute atomic E-state index is 0. The van der Waals surface area contributed by atoms with Crippen LogP contribution < -0.4 is 0 Å². The van der Waals surface area contributed by atoms with Gasteiger partial charge in [0.05, 0.1) is 13.2 Å². The van der Waals surface area contributed by atoms with Crippen LogP contribution in [0.1, 0.15) is 55.3 Å². The lowest BCUT2D eigenvalue weighted by Gasteiger charge is -2.40. The lowest BCUT2D eigenvalue weighted by atomic mass is 9.89. The first kappa shape index (κ1) is 48.2. The minimum atomic E-state index is -1.41. The number of aliphatic hydroxyl groups excluding tert-OH is 8. The molecule has 6 aromatic rings. The zero-order chi connectivity index (χ0) is 44.2. The van der Waals surface area contributed by atoms with Crippen molar-refractivity contribution < 1.29 is 64.6 Å². The number of ether oxygens (including phenoxy) is 2. The average Bonchev–Trinajstić information content (AvgIpc) is 3.95. The van der Waals surface area contributed by atoms with E-state index in [4.69, 9.17) is 9.47 Å². The molecular weight excluding hydrogens is 855 g/mol. The third-order valence-corrected chi connectivity index (χ3v) is 13.8. The van der Waals surface area contributed by atoms with Crippen LogP contribution in [0.2, 0.25) is 0 Å². The number of rotatable bonds is 10. The summed E-state index contributed by atoms with van der Waals surface area (Å²) in [4.78, 5) is 4.37. The van der Waals surface area contributed by atoms with Gasteiger partial charge in [-0.15, -0.1) is 22.7 Å². The minimum Gasteiger partial charge on any atom is -0.412 e. The molecule has 0 radical (unpaired) electrons. The van der Waals surface area contributed by atoms with Gasteiger partial charge in [-0.2, -0.15) is 0 Å². The molecule has 63 heavy (non-hydrogen) atoms. The lowest BCUT2D eigenvalue weighted by molar-refractivity contribution is -0.231. The van der Waals surface area contributed by atoms with Crippen LogP contribution in [0.25, 0.3) is 20.9 Å². The number of thiophene rings is 2. The summed E-state index contributed by atoms with van der Waals surface area (Å²) >= 11 is 3.27. The van der Waals surface area contributed by atoms with Crippen molar-refractivity contribution in [3.63, 3.8) is 0 Å². The van der Waals surface area contributed by atoms with Crippen molar-refractivity contribution in [2.24, 2.45) is 0 Å². The molecule has 0 amide bonds. The zero-order valence-electron chi connectivity index (χ0n) is 34.5. The molecule has 15 heteroatoms. The molecule has 0 spiro atoms. The molecule has 8 rings (SSSR count). The second-order valence-electron chi connectivity index (χ2n) is 15.8. The monoisotopic (exact) mass is 906 g/mol. The Morgan fingerprint density at radius 3 is 1.19 bits per heavy atom. The molecule has 336 valence electrons. The van der Waals surface area contributed by atoms with Crippen molar-refractivity contribution in [3.05, 3.63) is 164 Å². The summed E-state index contributed by atoms with van der Waals surface area (Å²) in [6.45, 7) is 3.09. The first-order chi connectivity index (χ1) is 29.7. The van der Waals surface area contributed by atoms with E-state index in [1.54, 1.807) is 46.9 Å². The van der Waals surface area contributed by atoms with Gasteiger partial charge in [-0.1, -0.05) is 60.7 Å². The summed E-state index contributed by atoms with van der Waals surface area (Å²) in [7, 11) is 0. The van der Waals surface area contributed by atoms with Crippen LogP contribution in [0.4, 0.5) is 8.78 Å². The van der Waals surface area contributed by atoms with Crippen molar-refractivity contribution in [2.75, 3.05) is 13.2 Å². The predicted molar refractivity (Wildman–Crippen MR) is 236 cm³/mol. The Balaban J connectivity index is 0.000000206. The van der Waals surface area contributed by atoms with Gasteiger partial charge in [0.15, 0.2) is 0 Å². The molecule has 0 aliphatic carbocycles. The molecule has 2 saturated heterocycles. The van der Waals surface area contributed by atoms with Crippen molar-refractivity contribution in [3.8, 4) is 20.9 Å². The molecule has 2 aliphatic heterocycles. The van der Waals surface area contributed by atoms with E-state index in [9.17, 15) is 49.6 Å². The van der Waals surface area contributed by atoms with E-state index >= 15 is 0 Å². The lowest BCUT2D eigenvalue weighted by Crippen LogP contribution is -2.55. The number of hydrogen-bond donors (Lipinski definition) is 8. The largest absolute Gasteiger partial charge is 0.412 e. The maximum absolute atomic E-state index is 13.2. The molecule has 11 nitrogen and oxygen atoms in total. The van der Waals surface area contributed by atoms with Gasteiger partial charge in [-0.3, -0.25) is 0 Å². The SMILES string of the molecule is Cc1ccc([C@@H]2O[C@H](CO)[C@@H](O)[C@@H](O)[C@H]2O)cc1Cc1ccc(-c2ccc(F)cc2)s1.Cc1ccc([C@@H]2O[C@H](CO)[C@@H](O)[C@@H](O)[C@H]2O)cc1Cc1ccc(-c2ccc(F)cc2)s1.O. The summed E-state index contributed by atoms with van der Waals surface area (Å²) in [5, 5.41) is 80.0. The Morgan fingerprint density at radius 1 is 0.476 bits per heavy atom. The van der Waals surface area contributed by atoms with E-state index in [0.717, 1.165) is 52.9 Å². The number of benzene rings is 4. The highest BCUT2D eigenvalue weighted by atomic mass is 32.1. The van der Waals surface area contributed by atoms with Crippen molar-refractivity contribution >= 4 is 22.7 Å². The maximum atomic E-state index is 13.2. The van der Waals surface area contributed by atoms with Gasteiger partial charge in [0.1, 0.15) is 72.7 Å². The van der Waals surface area contributed by atoms with E-state index in [-0.39, 0.29) is 17.1 Å². The molecule has 4 aromatic carbocycles. The van der Waals surface area contributed by atoms with Gasteiger partial charge >= 0.3 is 0 Å². The predicted octanol–water partition coefficient (Wildman–Crippen LogP) is 5.11. The van der Waals surface area contributed by atoms with E-state index in [1.165, 1.54) is 24.3 Å². The smallest absolute Gasteiger partial charge is 0.123 e. The third-order valence-electron chi connectivity index (χ3n) is 11.5. The number of hydrogen-bond acceptors (Lipinski definition) is 12. The van der Waals surface area contributed by atoms with E-state index in [1.807, 2.05) is 74.5 Å². The van der Waals surface area contributed by atoms with Gasteiger partial charge in [0, 0.05) is 32.4 Å². The highest BCUT2D eigenvalue weighted by Crippen LogP contribution is 2.37. The second kappa shape index (κ2) is 21.1. The maximum Gasteiger partial charge on any atom is 0.123 e. The van der Waals surface area contributed by atoms with Gasteiger partial charge in [-0.05, 0) is 107 Å². The Kier molecular flexibility index (Phi) is 16.2. The fraction of sp³-hybridized carbons (Fsp3) is 0.333. The van der Waals surface area contributed by atoms with Crippen LogP contribution in [-0.2, 0) is 22.3 Å². The van der Waals surface area contributed by atoms with Gasteiger partial charge in [-0.25, -0.2) is 8.78 Å². The number of halogens is 2. The molecule has 10 N–H and O–H groups in total. The van der Waals surface area contributed by atoms with E-state index in [0.29, 0.717) is 24.0 Å². The van der Waals surface area contributed by atoms with Crippen LogP contribution >= 0.6 is 22.7 Å². The molecule has 2 aliphatic rings. The Bertz CT molecular complexity index is 2240. The summed E-state index contributed by atoms with van der Waals surface area (Å²) < 4.78 is 37.8. The molecule has 0 saturated carbocycles. The van der Waals surface area contributed by atoms with Gasteiger partial charge in [0.25, 0.3) is 0 Å². The summed E-state index contributed by atoms with van der Waals surface area (Å²) in [5.74, 6) is -0.526.